The molecule has 4 rings (SSSR count). The van der Waals surface area contributed by atoms with E-state index in [1.807, 2.05) is 35.9 Å². The summed E-state index contributed by atoms with van der Waals surface area (Å²) in [5, 5.41) is 10.1. The number of hydrogen-bond donors (Lipinski definition) is 2. The van der Waals surface area contributed by atoms with Gasteiger partial charge in [0.25, 0.3) is 0 Å². The van der Waals surface area contributed by atoms with Crippen LogP contribution in [0.2, 0.25) is 0 Å². The van der Waals surface area contributed by atoms with Crippen molar-refractivity contribution in [3.8, 4) is 11.5 Å². The van der Waals surface area contributed by atoms with Gasteiger partial charge in [-0.2, -0.15) is 5.10 Å². The molecule has 1 aromatic carbocycles. The summed E-state index contributed by atoms with van der Waals surface area (Å²) < 4.78 is 7.32. The molecule has 0 aliphatic carbocycles. The van der Waals surface area contributed by atoms with Crippen LogP contribution in [0.1, 0.15) is 24.1 Å². The maximum atomic E-state index is 12.3. The number of carbonyl (C=O) groups excluding carboxylic acids is 1. The van der Waals surface area contributed by atoms with Gasteiger partial charge in [0.2, 0.25) is 5.89 Å². The third-order valence-corrected chi connectivity index (χ3v) is 4.40. The molecule has 0 saturated carbocycles. The molecular weight excluding hydrogens is 318 g/mol. The highest BCUT2D eigenvalue weighted by molar-refractivity contribution is 6.00. The molecule has 0 spiro atoms. The zero-order valence-corrected chi connectivity index (χ0v) is 14.0. The average molecular weight is 337 g/mol. The molecule has 0 radical (unpaired) electrons. The van der Waals surface area contributed by atoms with Crippen molar-refractivity contribution in [3.63, 3.8) is 0 Å². The molecule has 3 heterocycles. The van der Waals surface area contributed by atoms with Crippen molar-refractivity contribution < 1.29 is 9.21 Å². The van der Waals surface area contributed by atoms with Crippen LogP contribution in [0.5, 0.6) is 0 Å². The third-order valence-electron chi connectivity index (χ3n) is 4.40. The summed E-state index contributed by atoms with van der Waals surface area (Å²) in [5.74, 6) is 1.11. The maximum Gasteiger partial charge on any atom is 0.324 e. The molecule has 2 amide bonds. The maximum absolute atomic E-state index is 12.3. The van der Waals surface area contributed by atoms with Gasteiger partial charge in [-0.25, -0.2) is 9.78 Å². The second-order valence-electron chi connectivity index (χ2n) is 6.10. The number of fused-ring (bicyclic) bond motifs is 1. The summed E-state index contributed by atoms with van der Waals surface area (Å²) in [5.41, 5.74) is 3.62. The molecule has 0 fully saturated rings. The molecule has 2 aromatic heterocycles. The highest BCUT2D eigenvalue weighted by Crippen LogP contribution is 2.27. The Morgan fingerprint density at radius 3 is 3.00 bits per heavy atom. The van der Waals surface area contributed by atoms with Crippen molar-refractivity contribution in [2.24, 2.45) is 0 Å². The molecule has 2 N–H and O–H groups in total. The minimum Gasteiger partial charge on any atom is -0.445 e. The second-order valence-corrected chi connectivity index (χ2v) is 6.10. The van der Waals surface area contributed by atoms with Crippen LogP contribution in [0.25, 0.3) is 11.5 Å². The van der Waals surface area contributed by atoms with Crippen molar-refractivity contribution in [2.75, 3.05) is 10.6 Å². The SMILES string of the molecule is Cc1c(NC(=O)Nc2cc3n(n2)CCCC3)cccc1-c1ncco1. The fraction of sp³-hybridized carbons (Fsp3) is 0.278. The molecule has 128 valence electrons. The van der Waals surface area contributed by atoms with Gasteiger partial charge in [-0.15, -0.1) is 0 Å². The van der Waals surface area contributed by atoms with Crippen molar-refractivity contribution in [2.45, 2.75) is 32.7 Å². The van der Waals surface area contributed by atoms with Crippen molar-refractivity contribution >= 4 is 17.5 Å². The number of nitrogens with zero attached hydrogens (tertiary/aromatic N) is 3. The van der Waals surface area contributed by atoms with E-state index in [9.17, 15) is 4.79 Å². The van der Waals surface area contributed by atoms with E-state index in [4.69, 9.17) is 4.42 Å². The van der Waals surface area contributed by atoms with Crippen molar-refractivity contribution in [1.82, 2.24) is 14.8 Å². The average Bonchev–Trinajstić information content (AvgIpc) is 3.25. The predicted octanol–water partition coefficient (Wildman–Crippen LogP) is 3.83. The Hall–Kier alpha value is -3.09. The highest BCUT2D eigenvalue weighted by atomic mass is 16.3. The molecule has 1 aliphatic heterocycles. The van der Waals surface area contributed by atoms with Gasteiger partial charge < -0.3 is 9.73 Å². The Kier molecular flexibility index (Phi) is 3.97. The minimum atomic E-state index is -0.317. The number of hydrogen-bond acceptors (Lipinski definition) is 4. The molecule has 0 saturated heterocycles. The minimum absolute atomic E-state index is 0.317. The lowest BCUT2D eigenvalue weighted by molar-refractivity contribution is 0.262. The van der Waals surface area contributed by atoms with Gasteiger partial charge in [-0.05, 0) is 43.9 Å². The first-order chi connectivity index (χ1) is 12.2. The molecular formula is C18H19N5O2. The number of oxazole rings is 1. The Bertz CT molecular complexity index is 875. The number of aryl methyl sites for hydroxylation is 2. The van der Waals surface area contributed by atoms with E-state index in [1.165, 1.54) is 18.4 Å². The molecule has 1 aliphatic rings. The number of nitrogens with one attached hydrogen (secondary N) is 2. The number of carbonyl (C=O) groups is 1. The summed E-state index contributed by atoms with van der Waals surface area (Å²) >= 11 is 0. The first kappa shape index (κ1) is 15.4. The van der Waals surface area contributed by atoms with Gasteiger partial charge in [0.15, 0.2) is 5.82 Å². The van der Waals surface area contributed by atoms with Crippen molar-refractivity contribution in [1.29, 1.82) is 0 Å². The Morgan fingerprint density at radius 2 is 2.20 bits per heavy atom. The molecule has 0 bridgehead atoms. The Labute approximate surface area is 145 Å². The lowest BCUT2D eigenvalue weighted by Gasteiger charge is -2.11. The van der Waals surface area contributed by atoms with Crippen LogP contribution in [0.15, 0.2) is 41.1 Å². The first-order valence-electron chi connectivity index (χ1n) is 8.35. The quantitative estimate of drug-likeness (QED) is 0.761. The van der Waals surface area contributed by atoms with Gasteiger partial charge >= 0.3 is 6.03 Å². The topological polar surface area (TPSA) is 85.0 Å². The van der Waals surface area contributed by atoms with E-state index >= 15 is 0 Å². The standard InChI is InChI=1S/C18H19N5O2/c1-12-14(17-19-8-10-25-17)6-4-7-15(12)20-18(24)21-16-11-13-5-2-3-9-23(13)22-16/h4,6-8,10-11H,2-3,5,9H2,1H3,(H2,20,21,22,24). The van der Waals surface area contributed by atoms with Crippen LogP contribution in [0.4, 0.5) is 16.3 Å². The van der Waals surface area contributed by atoms with Gasteiger partial charge in [-0.3, -0.25) is 10.00 Å². The summed E-state index contributed by atoms with van der Waals surface area (Å²) in [4.78, 5) is 16.5. The van der Waals surface area contributed by atoms with E-state index in [-0.39, 0.29) is 6.03 Å². The Balaban J connectivity index is 1.49. The monoisotopic (exact) mass is 337 g/mol. The lowest BCUT2D eigenvalue weighted by Crippen LogP contribution is -2.20. The molecule has 3 aromatic rings. The van der Waals surface area contributed by atoms with E-state index in [0.717, 1.165) is 30.5 Å². The van der Waals surface area contributed by atoms with Crippen LogP contribution < -0.4 is 10.6 Å². The van der Waals surface area contributed by atoms with Gasteiger partial charge in [0.05, 0.1) is 6.20 Å². The van der Waals surface area contributed by atoms with Crippen LogP contribution in [-0.2, 0) is 13.0 Å². The number of amides is 2. The van der Waals surface area contributed by atoms with Gasteiger partial charge in [-0.1, -0.05) is 6.07 Å². The molecule has 7 heteroatoms. The van der Waals surface area contributed by atoms with E-state index in [2.05, 4.69) is 20.7 Å². The molecule has 0 unspecified atom stereocenters. The largest absolute Gasteiger partial charge is 0.445 e. The van der Waals surface area contributed by atoms with Gasteiger partial charge in [0, 0.05) is 29.6 Å². The summed E-state index contributed by atoms with van der Waals surface area (Å²) in [6.45, 7) is 2.83. The molecule has 7 nitrogen and oxygen atoms in total. The summed E-state index contributed by atoms with van der Waals surface area (Å²) in [6, 6.07) is 7.24. The second kappa shape index (κ2) is 6.43. The van der Waals surface area contributed by atoms with Crippen LogP contribution in [-0.4, -0.2) is 20.8 Å². The zero-order valence-electron chi connectivity index (χ0n) is 14.0. The van der Waals surface area contributed by atoms with E-state index < -0.39 is 0 Å². The predicted molar refractivity (Wildman–Crippen MR) is 94.5 cm³/mol. The van der Waals surface area contributed by atoms with Crippen molar-refractivity contribution in [3.05, 3.63) is 48.0 Å². The van der Waals surface area contributed by atoms with Crippen LogP contribution in [0, 0.1) is 6.92 Å². The Morgan fingerprint density at radius 1 is 1.28 bits per heavy atom. The summed E-state index contributed by atoms with van der Waals surface area (Å²) in [7, 11) is 0. The van der Waals surface area contributed by atoms with Crippen LogP contribution in [0.3, 0.4) is 0 Å². The number of anilines is 2. The smallest absolute Gasteiger partial charge is 0.324 e. The fourth-order valence-corrected chi connectivity index (χ4v) is 3.11. The first-order valence-corrected chi connectivity index (χ1v) is 8.35. The number of rotatable bonds is 3. The molecule has 25 heavy (non-hydrogen) atoms. The van der Waals surface area contributed by atoms with E-state index in [1.54, 1.807) is 6.20 Å². The van der Waals surface area contributed by atoms with E-state index in [0.29, 0.717) is 17.4 Å². The zero-order chi connectivity index (χ0) is 17.2. The summed E-state index contributed by atoms with van der Waals surface area (Å²) in [6.07, 6.45) is 6.44. The van der Waals surface area contributed by atoms with Crippen LogP contribution >= 0.6 is 0 Å². The lowest BCUT2D eigenvalue weighted by atomic mass is 10.1. The number of aromatic nitrogens is 3. The number of urea groups is 1. The number of benzene rings is 1. The van der Waals surface area contributed by atoms with Gasteiger partial charge in [0.1, 0.15) is 6.26 Å². The molecule has 0 atom stereocenters. The highest BCUT2D eigenvalue weighted by Gasteiger charge is 2.15. The fourth-order valence-electron chi connectivity index (χ4n) is 3.11. The third kappa shape index (κ3) is 3.13. The normalized spacial score (nSPS) is 13.3.